The fourth-order valence-electron chi connectivity index (χ4n) is 2.07. The lowest BCUT2D eigenvalue weighted by Gasteiger charge is -2.12. The number of halogens is 3. The van der Waals surface area contributed by atoms with E-state index in [1.165, 1.54) is 4.31 Å². The highest BCUT2D eigenvalue weighted by Crippen LogP contribution is 2.39. The van der Waals surface area contributed by atoms with E-state index in [4.69, 9.17) is 39.0 Å². The Morgan fingerprint density at radius 2 is 1.56 bits per heavy atom. The molecule has 0 aromatic rings. The molecule has 8 heteroatoms. The molecule has 1 heterocycles. The molecule has 1 rings (SSSR count). The highest BCUT2D eigenvalue weighted by atomic mass is 35.6. The van der Waals surface area contributed by atoms with Crippen LogP contribution < -0.4 is 0 Å². The van der Waals surface area contributed by atoms with Crippen LogP contribution >= 0.6 is 34.8 Å². The predicted molar refractivity (Wildman–Crippen MR) is 74.4 cm³/mol. The third-order valence-corrected chi connectivity index (χ3v) is 4.61. The molecular weight excluding hydrogens is 321 g/mol. The number of alkyl halides is 3. The van der Waals surface area contributed by atoms with E-state index in [2.05, 4.69) is 0 Å². The molecule has 4 nitrogen and oxygen atoms in total. The molecule has 1 fully saturated rings. The lowest BCUT2D eigenvalue weighted by atomic mass is 10.1. The van der Waals surface area contributed by atoms with Crippen LogP contribution in [0.3, 0.4) is 0 Å². The topological polar surface area (TPSA) is 46.4 Å². The zero-order chi connectivity index (χ0) is 14.0. The number of hydrogen-bond donors (Lipinski definition) is 0. The standard InChI is InChI=1S/C10H18Cl3NO3S/c1-3-5-8-9(6-4-2)14(8)18(15,16)17-7-10(11,12)13/h8-9H,3-7H2,1-2H3. The van der Waals surface area contributed by atoms with Crippen LogP contribution in [0, 0.1) is 0 Å². The largest absolute Gasteiger partial charge is 0.339 e. The average Bonchev–Trinajstić information content (AvgIpc) is 2.90. The molecule has 0 amide bonds. The third-order valence-electron chi connectivity index (χ3n) is 2.81. The van der Waals surface area contributed by atoms with E-state index >= 15 is 0 Å². The zero-order valence-corrected chi connectivity index (χ0v) is 13.5. The summed E-state index contributed by atoms with van der Waals surface area (Å²) in [7, 11) is -3.78. The third kappa shape index (κ3) is 4.69. The summed E-state index contributed by atoms with van der Waals surface area (Å²) < 4.78 is 28.3. The molecule has 2 unspecified atom stereocenters. The number of rotatable bonds is 7. The summed E-state index contributed by atoms with van der Waals surface area (Å²) in [5.41, 5.74) is 0. The van der Waals surface area contributed by atoms with Gasteiger partial charge in [0.25, 0.3) is 0 Å². The molecule has 2 atom stereocenters. The van der Waals surface area contributed by atoms with Crippen molar-refractivity contribution in [1.82, 2.24) is 4.31 Å². The van der Waals surface area contributed by atoms with Crippen molar-refractivity contribution in [3.05, 3.63) is 0 Å². The van der Waals surface area contributed by atoms with Gasteiger partial charge in [-0.1, -0.05) is 61.5 Å². The van der Waals surface area contributed by atoms with Crippen LogP contribution in [-0.2, 0) is 14.5 Å². The van der Waals surface area contributed by atoms with Gasteiger partial charge in [-0.25, -0.2) is 0 Å². The van der Waals surface area contributed by atoms with Crippen LogP contribution in [0.25, 0.3) is 0 Å². The minimum atomic E-state index is -3.78. The van der Waals surface area contributed by atoms with E-state index < -0.39 is 20.7 Å². The van der Waals surface area contributed by atoms with Crippen molar-refractivity contribution in [1.29, 1.82) is 0 Å². The maximum Gasteiger partial charge on any atom is 0.339 e. The summed E-state index contributed by atoms with van der Waals surface area (Å²) in [6.07, 6.45) is 3.53. The van der Waals surface area contributed by atoms with Crippen LogP contribution in [0.15, 0.2) is 0 Å². The van der Waals surface area contributed by atoms with Crippen molar-refractivity contribution in [3.8, 4) is 0 Å². The molecule has 0 saturated carbocycles. The highest BCUT2D eigenvalue weighted by Gasteiger charge is 2.54. The predicted octanol–water partition coefficient (Wildman–Crippen LogP) is 3.27. The Hall–Kier alpha value is 0.740. The van der Waals surface area contributed by atoms with Gasteiger partial charge in [0.05, 0.1) is 0 Å². The molecule has 1 aliphatic rings. The summed E-state index contributed by atoms with van der Waals surface area (Å²) >= 11 is 16.4. The summed E-state index contributed by atoms with van der Waals surface area (Å²) in [5, 5.41) is 0. The van der Waals surface area contributed by atoms with Gasteiger partial charge in [0.2, 0.25) is 3.79 Å². The molecule has 0 aromatic heterocycles. The van der Waals surface area contributed by atoms with E-state index in [0.29, 0.717) is 0 Å². The van der Waals surface area contributed by atoms with E-state index in [1.54, 1.807) is 0 Å². The molecule has 18 heavy (non-hydrogen) atoms. The smallest absolute Gasteiger partial charge is 0.253 e. The maximum absolute atomic E-state index is 11.9. The van der Waals surface area contributed by atoms with Crippen molar-refractivity contribution in [2.75, 3.05) is 6.61 Å². The molecule has 0 aromatic carbocycles. The summed E-state index contributed by atoms with van der Waals surface area (Å²) in [6.45, 7) is 3.58. The first-order valence-corrected chi connectivity index (χ1v) is 8.47. The molecular formula is C10H18Cl3NO3S. The number of nitrogens with zero attached hydrogens (tertiary/aromatic N) is 1. The van der Waals surface area contributed by atoms with E-state index in [0.717, 1.165) is 25.7 Å². The van der Waals surface area contributed by atoms with Crippen molar-refractivity contribution in [2.24, 2.45) is 0 Å². The van der Waals surface area contributed by atoms with Gasteiger partial charge < -0.3 is 0 Å². The van der Waals surface area contributed by atoms with Crippen molar-refractivity contribution < 1.29 is 12.6 Å². The quantitative estimate of drug-likeness (QED) is 0.528. The Bertz CT molecular complexity index is 357. The first-order chi connectivity index (χ1) is 8.23. The normalized spacial score (nSPS) is 28.4. The van der Waals surface area contributed by atoms with Gasteiger partial charge in [0, 0.05) is 12.1 Å². The fraction of sp³-hybridized carbons (Fsp3) is 1.00. The molecule has 1 aliphatic heterocycles. The Balaban J connectivity index is 2.62. The molecule has 0 spiro atoms. The molecule has 0 N–H and O–H groups in total. The van der Waals surface area contributed by atoms with Crippen LogP contribution in [0.2, 0.25) is 0 Å². The van der Waals surface area contributed by atoms with Gasteiger partial charge >= 0.3 is 10.3 Å². The first kappa shape index (κ1) is 16.8. The van der Waals surface area contributed by atoms with Gasteiger partial charge in [-0.05, 0) is 12.8 Å². The molecule has 0 aliphatic carbocycles. The van der Waals surface area contributed by atoms with Gasteiger partial charge in [-0.2, -0.15) is 12.7 Å². The van der Waals surface area contributed by atoms with E-state index in [1.807, 2.05) is 13.8 Å². The monoisotopic (exact) mass is 337 g/mol. The van der Waals surface area contributed by atoms with Crippen LogP contribution in [0.1, 0.15) is 39.5 Å². The lowest BCUT2D eigenvalue weighted by molar-refractivity contribution is 0.301. The highest BCUT2D eigenvalue weighted by molar-refractivity contribution is 7.84. The fourth-order valence-corrected chi connectivity index (χ4v) is 3.98. The van der Waals surface area contributed by atoms with Crippen LogP contribution in [0.4, 0.5) is 0 Å². The van der Waals surface area contributed by atoms with Crippen molar-refractivity contribution in [2.45, 2.75) is 55.4 Å². The Morgan fingerprint density at radius 3 is 1.89 bits per heavy atom. The van der Waals surface area contributed by atoms with Gasteiger partial charge in [0.1, 0.15) is 6.61 Å². The van der Waals surface area contributed by atoms with Crippen molar-refractivity contribution >= 4 is 45.1 Å². The van der Waals surface area contributed by atoms with E-state index in [9.17, 15) is 8.42 Å². The maximum atomic E-state index is 11.9. The molecule has 1 saturated heterocycles. The van der Waals surface area contributed by atoms with Gasteiger partial charge in [-0.3, -0.25) is 4.18 Å². The summed E-state index contributed by atoms with van der Waals surface area (Å²) in [5.74, 6) is 0. The van der Waals surface area contributed by atoms with Gasteiger partial charge in [0.15, 0.2) is 0 Å². The second-order valence-corrected chi connectivity index (χ2v) is 8.41. The average molecular weight is 339 g/mol. The number of hydrogen-bond acceptors (Lipinski definition) is 3. The Morgan fingerprint density at radius 1 is 1.11 bits per heavy atom. The molecule has 108 valence electrons. The molecule has 0 bridgehead atoms. The van der Waals surface area contributed by atoms with Crippen molar-refractivity contribution in [3.63, 3.8) is 0 Å². The summed E-state index contributed by atoms with van der Waals surface area (Å²) in [4.78, 5) is 0. The zero-order valence-electron chi connectivity index (χ0n) is 10.4. The van der Waals surface area contributed by atoms with Crippen LogP contribution in [-0.4, -0.2) is 35.2 Å². The lowest BCUT2D eigenvalue weighted by Crippen LogP contribution is -2.24. The minimum Gasteiger partial charge on any atom is -0.253 e. The van der Waals surface area contributed by atoms with E-state index in [-0.39, 0.29) is 12.1 Å². The second kappa shape index (κ2) is 6.46. The Kier molecular flexibility index (Phi) is 6.03. The molecule has 0 radical (unpaired) electrons. The second-order valence-electron chi connectivity index (χ2n) is 4.38. The van der Waals surface area contributed by atoms with Crippen LogP contribution in [0.5, 0.6) is 0 Å². The summed E-state index contributed by atoms with van der Waals surface area (Å²) in [6, 6.07) is 0.0747. The SMILES string of the molecule is CCCC1C(CCC)N1S(=O)(=O)OCC(Cl)(Cl)Cl. The minimum absolute atomic E-state index is 0.0373. The Labute approximate surface area is 124 Å². The van der Waals surface area contributed by atoms with Gasteiger partial charge in [-0.15, -0.1) is 0 Å². The first-order valence-electron chi connectivity index (χ1n) is 5.97.